The van der Waals surface area contributed by atoms with Crippen LogP contribution in [0.25, 0.3) is 11.3 Å². The molecule has 1 aliphatic rings. The van der Waals surface area contributed by atoms with E-state index in [-0.39, 0.29) is 18.7 Å². The van der Waals surface area contributed by atoms with Crippen LogP contribution in [0.15, 0.2) is 73.2 Å². The van der Waals surface area contributed by atoms with Crippen LogP contribution in [0.1, 0.15) is 12.5 Å². The second kappa shape index (κ2) is 8.73. The molecule has 0 radical (unpaired) electrons. The number of amides is 1. The van der Waals surface area contributed by atoms with Crippen LogP contribution in [0.2, 0.25) is 0 Å². The fraction of sp³-hybridized carbons (Fsp3) is 0.261. The summed E-state index contributed by atoms with van der Waals surface area (Å²) in [6.07, 6.45) is 3.16. The first kappa shape index (κ1) is 18.9. The van der Waals surface area contributed by atoms with Crippen LogP contribution in [-0.4, -0.2) is 46.6 Å². The van der Waals surface area contributed by atoms with Crippen LogP contribution < -0.4 is 4.90 Å². The van der Waals surface area contributed by atoms with E-state index in [4.69, 9.17) is 4.74 Å². The van der Waals surface area contributed by atoms with Crippen molar-refractivity contribution < 1.29 is 9.53 Å². The van der Waals surface area contributed by atoms with Gasteiger partial charge in [0.2, 0.25) is 0 Å². The van der Waals surface area contributed by atoms with Gasteiger partial charge in [0.15, 0.2) is 0 Å². The molecule has 1 amide bonds. The Labute approximate surface area is 170 Å². The van der Waals surface area contributed by atoms with Crippen molar-refractivity contribution in [1.82, 2.24) is 14.9 Å². The molecule has 148 valence electrons. The van der Waals surface area contributed by atoms with Crippen LogP contribution in [0, 0.1) is 0 Å². The maximum absolute atomic E-state index is 12.6. The van der Waals surface area contributed by atoms with Crippen LogP contribution in [-0.2, 0) is 11.3 Å². The monoisotopic (exact) mass is 388 g/mol. The average molecular weight is 388 g/mol. The quantitative estimate of drug-likeness (QED) is 0.676. The summed E-state index contributed by atoms with van der Waals surface area (Å²) in [5.41, 5.74) is 3.94. The highest BCUT2D eigenvalue weighted by molar-refractivity contribution is 5.75. The number of benzene rings is 2. The molecule has 1 atom stereocenters. The van der Waals surface area contributed by atoms with Gasteiger partial charge in [0.1, 0.15) is 12.9 Å². The number of rotatable bonds is 4. The van der Waals surface area contributed by atoms with Crippen molar-refractivity contribution in [3.05, 3.63) is 78.8 Å². The molecule has 2 heterocycles. The third-order valence-corrected chi connectivity index (χ3v) is 5.15. The highest BCUT2D eigenvalue weighted by Gasteiger charge is 2.30. The molecule has 6 nitrogen and oxygen atoms in total. The summed E-state index contributed by atoms with van der Waals surface area (Å²) in [4.78, 5) is 25.4. The Morgan fingerprint density at radius 2 is 1.79 bits per heavy atom. The molecular weight excluding hydrogens is 364 g/mol. The first-order valence-electron chi connectivity index (χ1n) is 9.80. The van der Waals surface area contributed by atoms with Gasteiger partial charge in [-0.3, -0.25) is 0 Å². The number of hydrogen-bond donors (Lipinski definition) is 0. The fourth-order valence-electron chi connectivity index (χ4n) is 3.62. The molecule has 0 spiro atoms. The Bertz CT molecular complexity index is 949. The van der Waals surface area contributed by atoms with Gasteiger partial charge in [-0.05, 0) is 12.5 Å². The number of carbonyl (C=O) groups excluding carboxylic acids is 1. The van der Waals surface area contributed by atoms with Crippen LogP contribution in [0.3, 0.4) is 0 Å². The Kier molecular flexibility index (Phi) is 5.70. The van der Waals surface area contributed by atoms with E-state index >= 15 is 0 Å². The highest BCUT2D eigenvalue weighted by atomic mass is 16.6. The summed E-state index contributed by atoms with van der Waals surface area (Å²) in [5, 5.41) is 0. The molecule has 1 aliphatic heterocycles. The standard InChI is InChI=1S/C23H24N4O2/c1-18-15-26(21-14-24-17-25-22(21)20-10-6-3-7-11-20)12-13-27(18)23(28)29-16-19-8-4-2-5-9-19/h2-11,14,17-18H,12-13,15-16H2,1H3/t18-/m0/s1. The average Bonchev–Trinajstić information content (AvgIpc) is 2.79. The van der Waals surface area contributed by atoms with Crippen LogP contribution in [0.5, 0.6) is 0 Å². The Morgan fingerprint density at radius 3 is 2.52 bits per heavy atom. The number of aromatic nitrogens is 2. The van der Waals surface area contributed by atoms with Gasteiger partial charge < -0.3 is 14.5 Å². The zero-order valence-electron chi connectivity index (χ0n) is 16.4. The zero-order valence-corrected chi connectivity index (χ0v) is 16.4. The normalized spacial score (nSPS) is 16.5. The van der Waals surface area contributed by atoms with Gasteiger partial charge in [-0.15, -0.1) is 0 Å². The van der Waals surface area contributed by atoms with Crippen molar-refractivity contribution in [2.45, 2.75) is 19.6 Å². The summed E-state index contributed by atoms with van der Waals surface area (Å²) >= 11 is 0. The van der Waals surface area contributed by atoms with Gasteiger partial charge in [-0.1, -0.05) is 60.7 Å². The number of hydrogen-bond acceptors (Lipinski definition) is 5. The second-order valence-electron chi connectivity index (χ2n) is 7.15. The van der Waals surface area contributed by atoms with E-state index in [0.29, 0.717) is 19.6 Å². The Morgan fingerprint density at radius 1 is 1.07 bits per heavy atom. The second-order valence-corrected chi connectivity index (χ2v) is 7.15. The number of piperazine rings is 1. The minimum absolute atomic E-state index is 0.0239. The smallest absolute Gasteiger partial charge is 0.410 e. The first-order chi connectivity index (χ1) is 14.2. The summed E-state index contributed by atoms with van der Waals surface area (Å²) in [7, 11) is 0. The minimum atomic E-state index is -0.270. The Hall–Kier alpha value is -3.41. The Balaban J connectivity index is 1.43. The molecule has 0 saturated carbocycles. The molecular formula is C23H24N4O2. The SMILES string of the molecule is C[C@H]1CN(c2cncnc2-c2ccccc2)CCN1C(=O)OCc1ccccc1. The first-order valence-corrected chi connectivity index (χ1v) is 9.80. The van der Waals surface area contributed by atoms with Crippen molar-refractivity contribution in [3.63, 3.8) is 0 Å². The molecule has 0 unspecified atom stereocenters. The lowest BCUT2D eigenvalue weighted by Gasteiger charge is -2.40. The predicted molar refractivity (Wildman–Crippen MR) is 112 cm³/mol. The predicted octanol–water partition coefficient (Wildman–Crippen LogP) is 3.99. The summed E-state index contributed by atoms with van der Waals surface area (Å²) < 4.78 is 5.52. The molecule has 29 heavy (non-hydrogen) atoms. The van der Waals surface area contributed by atoms with Gasteiger partial charge in [0.25, 0.3) is 0 Å². The van der Waals surface area contributed by atoms with Gasteiger partial charge in [-0.25, -0.2) is 14.8 Å². The van der Waals surface area contributed by atoms with Crippen molar-refractivity contribution in [1.29, 1.82) is 0 Å². The third kappa shape index (κ3) is 4.37. The molecule has 1 saturated heterocycles. The van der Waals surface area contributed by atoms with E-state index in [1.54, 1.807) is 11.2 Å². The molecule has 2 aromatic carbocycles. The van der Waals surface area contributed by atoms with Crippen molar-refractivity contribution in [3.8, 4) is 11.3 Å². The minimum Gasteiger partial charge on any atom is -0.445 e. The molecule has 0 aliphatic carbocycles. The van der Waals surface area contributed by atoms with Crippen molar-refractivity contribution in [2.75, 3.05) is 24.5 Å². The third-order valence-electron chi connectivity index (χ3n) is 5.15. The molecule has 3 aromatic rings. The number of carbonyl (C=O) groups is 1. The largest absolute Gasteiger partial charge is 0.445 e. The fourth-order valence-corrected chi connectivity index (χ4v) is 3.62. The lowest BCUT2D eigenvalue weighted by atomic mass is 10.1. The number of anilines is 1. The van der Waals surface area contributed by atoms with Gasteiger partial charge in [-0.2, -0.15) is 0 Å². The van der Waals surface area contributed by atoms with Crippen molar-refractivity contribution in [2.24, 2.45) is 0 Å². The van der Waals surface area contributed by atoms with Crippen LogP contribution >= 0.6 is 0 Å². The zero-order chi connectivity index (χ0) is 20.1. The van der Waals surface area contributed by atoms with Crippen molar-refractivity contribution >= 4 is 11.8 Å². The molecule has 0 N–H and O–H groups in total. The van der Waals surface area contributed by atoms with E-state index in [1.165, 1.54) is 0 Å². The van der Waals surface area contributed by atoms with E-state index in [1.807, 2.05) is 73.8 Å². The van der Waals surface area contributed by atoms with Gasteiger partial charge in [0, 0.05) is 31.2 Å². The molecule has 6 heteroatoms. The number of nitrogens with zero attached hydrogens (tertiary/aromatic N) is 4. The molecule has 0 bridgehead atoms. The maximum atomic E-state index is 12.6. The molecule has 1 aromatic heterocycles. The summed E-state index contributed by atoms with van der Waals surface area (Å²) in [5.74, 6) is 0. The van der Waals surface area contributed by atoms with E-state index in [0.717, 1.165) is 22.5 Å². The number of ether oxygens (including phenoxy) is 1. The van der Waals surface area contributed by atoms with E-state index in [2.05, 4.69) is 14.9 Å². The maximum Gasteiger partial charge on any atom is 0.410 e. The molecule has 4 rings (SSSR count). The summed E-state index contributed by atoms with van der Waals surface area (Å²) in [6, 6.07) is 19.9. The highest BCUT2D eigenvalue weighted by Crippen LogP contribution is 2.29. The van der Waals surface area contributed by atoms with E-state index in [9.17, 15) is 4.79 Å². The van der Waals surface area contributed by atoms with E-state index < -0.39 is 0 Å². The van der Waals surface area contributed by atoms with Gasteiger partial charge in [0.05, 0.1) is 17.6 Å². The lowest BCUT2D eigenvalue weighted by molar-refractivity contribution is 0.0795. The van der Waals surface area contributed by atoms with Gasteiger partial charge >= 0.3 is 6.09 Å². The van der Waals surface area contributed by atoms with Crippen LogP contribution in [0.4, 0.5) is 10.5 Å². The lowest BCUT2D eigenvalue weighted by Crippen LogP contribution is -2.54. The topological polar surface area (TPSA) is 58.6 Å². The summed E-state index contributed by atoms with van der Waals surface area (Å²) in [6.45, 7) is 4.34. The molecule has 1 fully saturated rings.